The van der Waals surface area contributed by atoms with Crippen molar-refractivity contribution < 1.29 is 84.5 Å². The van der Waals surface area contributed by atoms with Gasteiger partial charge in [0.15, 0.2) is 0 Å². The minimum atomic E-state index is -1.11. The van der Waals surface area contributed by atoms with Crippen LogP contribution in [0.4, 0.5) is 31.0 Å². The van der Waals surface area contributed by atoms with E-state index in [-0.39, 0.29) is 72.8 Å². The largest absolute Gasteiger partial charge is 1.00 e. The van der Waals surface area contributed by atoms with Crippen LogP contribution in [0.25, 0.3) is 55.0 Å². The molecule has 2 aromatic carbocycles. The van der Waals surface area contributed by atoms with Gasteiger partial charge in [0.1, 0.15) is 34.3 Å². The molecule has 8 aromatic rings. The van der Waals surface area contributed by atoms with Crippen molar-refractivity contribution in [2.45, 2.75) is 52.7 Å². The van der Waals surface area contributed by atoms with E-state index in [0.717, 1.165) is 27.2 Å². The van der Waals surface area contributed by atoms with Crippen molar-refractivity contribution in [1.29, 1.82) is 0 Å². The Morgan fingerprint density at radius 2 is 1.18 bits per heavy atom. The number of nitro groups is 1. The second-order valence-corrected chi connectivity index (χ2v) is 15.2. The standard InChI is InChI=1S/C26H27N5O6.C16H11FN4.FH.K/c1-25(2,3)36-23(32)30(24(33)37-26(4,5)6)22-18-13-21(28-14-17(18)7-8-19(22)31(34)35)29-12-10-16-9-11-27-15-20(16)29;17-13-2-1-11-8-20-15(7-12(11)16(13)18)21-6-4-10-3-5-19-9-14(10)21;;/h7-15H,1-6H3;1-9H,18H2;1H;/q;;;+1/p-1/i;;1-1;. The van der Waals surface area contributed by atoms with Gasteiger partial charge in [-0.25, -0.2) is 23.9 Å². The Balaban J connectivity index is 0.000000251. The van der Waals surface area contributed by atoms with E-state index in [9.17, 15) is 24.1 Å². The van der Waals surface area contributed by atoms with Gasteiger partial charge in [-0.15, -0.1) is 0 Å². The number of carbonyl (C=O) groups is 2. The number of fused-ring (bicyclic) bond motifs is 4. The SMILES string of the molecule is CC(C)(C)OC(=O)N(C(=O)OC(C)(C)C)c1c([N+](=O)[O-])ccc2cnc(-n3ccc4ccncc43)cc12.Nc1c(F)ccc2cnc(-n3ccc4ccncc43)cc12.[18F-].[K+]. The van der Waals surface area contributed by atoms with Crippen molar-refractivity contribution in [3.8, 4) is 11.6 Å². The van der Waals surface area contributed by atoms with Crippen LogP contribution in [-0.4, -0.2) is 57.4 Å². The molecular weight excluding hydrogens is 803 g/mol. The first-order valence-corrected chi connectivity index (χ1v) is 18.0. The molecule has 0 aliphatic rings. The molecule has 6 aromatic heterocycles. The van der Waals surface area contributed by atoms with Gasteiger partial charge < -0.3 is 19.9 Å². The van der Waals surface area contributed by atoms with E-state index in [2.05, 4.69) is 19.9 Å². The van der Waals surface area contributed by atoms with E-state index >= 15 is 0 Å². The third-order valence-electron chi connectivity index (χ3n) is 8.77. The molecular formula is C42H38F2KN9O6. The van der Waals surface area contributed by atoms with Gasteiger partial charge in [-0.1, -0.05) is 0 Å². The molecule has 0 radical (unpaired) electrons. The number of nitro benzene ring substituents is 1. The van der Waals surface area contributed by atoms with E-state index in [0.29, 0.717) is 27.3 Å². The quantitative estimate of drug-likeness (QED) is 0.118. The molecule has 2 N–H and O–H groups in total. The maximum absolute atomic E-state index is 13.6. The third-order valence-corrected chi connectivity index (χ3v) is 8.77. The van der Waals surface area contributed by atoms with E-state index in [1.54, 1.807) is 101 Å². The minimum Gasteiger partial charge on any atom is -1.00 e. The average Bonchev–Trinajstić information content (AvgIpc) is 3.80. The number of nitrogen functional groups attached to an aromatic ring is 1. The molecule has 0 unspecified atom stereocenters. The zero-order valence-corrected chi connectivity index (χ0v) is 36.9. The fourth-order valence-electron chi connectivity index (χ4n) is 6.25. The molecule has 0 spiro atoms. The number of rotatable bonds is 4. The number of nitrogens with two attached hydrogens (primary N) is 1. The summed E-state index contributed by atoms with van der Waals surface area (Å²) in [5.41, 5.74) is 4.96. The summed E-state index contributed by atoms with van der Waals surface area (Å²) in [6.45, 7) is 9.77. The van der Waals surface area contributed by atoms with Crippen molar-refractivity contribution in [2.24, 2.45) is 0 Å². The van der Waals surface area contributed by atoms with Crippen LogP contribution in [0.15, 0.2) is 110 Å². The van der Waals surface area contributed by atoms with E-state index in [1.807, 2.05) is 35.0 Å². The Morgan fingerprint density at radius 3 is 1.67 bits per heavy atom. The van der Waals surface area contributed by atoms with Crippen molar-refractivity contribution >= 4 is 72.6 Å². The molecule has 0 bridgehead atoms. The number of anilines is 2. The van der Waals surface area contributed by atoms with Crippen LogP contribution in [0.1, 0.15) is 41.5 Å². The van der Waals surface area contributed by atoms with Crippen LogP contribution in [0.3, 0.4) is 0 Å². The summed E-state index contributed by atoms with van der Waals surface area (Å²) in [6, 6.07) is 16.8. The number of hydrogen-bond donors (Lipinski definition) is 1. The second-order valence-electron chi connectivity index (χ2n) is 15.2. The van der Waals surface area contributed by atoms with Crippen LogP contribution in [0.5, 0.6) is 0 Å². The maximum Gasteiger partial charge on any atom is 1.00 e. The Bertz CT molecular complexity index is 2880. The number of hydrogen-bond acceptors (Lipinski definition) is 11. The summed E-state index contributed by atoms with van der Waals surface area (Å²) in [6.07, 6.45) is 11.6. The van der Waals surface area contributed by atoms with Crippen LogP contribution in [0.2, 0.25) is 0 Å². The van der Waals surface area contributed by atoms with E-state index < -0.39 is 39.8 Å². The van der Waals surface area contributed by atoms with Gasteiger partial charge in [0, 0.05) is 75.6 Å². The van der Waals surface area contributed by atoms with E-state index in [1.165, 1.54) is 24.4 Å². The first-order chi connectivity index (χ1) is 27.5. The molecule has 2 amide bonds. The summed E-state index contributed by atoms with van der Waals surface area (Å²) in [7, 11) is 0. The van der Waals surface area contributed by atoms with Gasteiger partial charge in [0.2, 0.25) is 0 Å². The normalized spacial score (nSPS) is 11.3. The molecule has 0 aliphatic heterocycles. The molecule has 60 heavy (non-hydrogen) atoms. The van der Waals surface area contributed by atoms with Crippen LogP contribution in [-0.2, 0) is 9.47 Å². The maximum atomic E-state index is 13.6. The van der Waals surface area contributed by atoms with Crippen LogP contribution in [0, 0.1) is 15.9 Å². The van der Waals surface area contributed by atoms with Crippen molar-refractivity contribution in [3.05, 3.63) is 126 Å². The Labute approximate surface area is 384 Å². The van der Waals surface area contributed by atoms with Gasteiger partial charge in [0.25, 0.3) is 5.69 Å². The van der Waals surface area contributed by atoms with Crippen molar-refractivity contribution in [2.75, 3.05) is 10.6 Å². The zero-order valence-electron chi connectivity index (χ0n) is 33.8. The number of carbonyl (C=O) groups excluding carboxylic acids is 2. The van der Waals surface area contributed by atoms with Gasteiger partial charge in [-0.05, 0) is 96.1 Å². The summed E-state index contributed by atoms with van der Waals surface area (Å²) in [5, 5.41) is 16.3. The molecule has 0 saturated carbocycles. The molecule has 8 rings (SSSR count). The monoisotopic (exact) mass is 840 g/mol. The average molecular weight is 841 g/mol. The number of benzene rings is 2. The van der Waals surface area contributed by atoms with Gasteiger partial charge in [0.05, 0.1) is 34.0 Å². The third kappa shape index (κ3) is 9.42. The zero-order chi connectivity index (χ0) is 41.5. The number of ether oxygens (including phenoxy) is 2. The molecule has 0 aliphatic carbocycles. The number of aromatic nitrogens is 6. The van der Waals surface area contributed by atoms with Crippen molar-refractivity contribution in [1.82, 2.24) is 29.1 Å². The molecule has 302 valence electrons. The summed E-state index contributed by atoms with van der Waals surface area (Å²) >= 11 is 0. The fraction of sp³-hybridized carbons (Fsp3) is 0.190. The summed E-state index contributed by atoms with van der Waals surface area (Å²) < 4.78 is 28.2. The number of amides is 2. The van der Waals surface area contributed by atoms with Gasteiger partial charge >= 0.3 is 63.6 Å². The fourth-order valence-corrected chi connectivity index (χ4v) is 6.25. The molecule has 6 heterocycles. The number of pyridine rings is 4. The van der Waals surface area contributed by atoms with Gasteiger partial charge in [-0.3, -0.25) is 29.2 Å². The topological polar surface area (TPSA) is 186 Å². The van der Waals surface area contributed by atoms with E-state index in [4.69, 9.17) is 15.2 Å². The Hall–Kier alpha value is -5.92. The first kappa shape index (κ1) is 45.2. The molecule has 15 nitrogen and oxygen atoms in total. The molecule has 0 saturated heterocycles. The summed E-state index contributed by atoms with van der Waals surface area (Å²) in [4.78, 5) is 55.9. The van der Waals surface area contributed by atoms with Crippen molar-refractivity contribution in [3.63, 3.8) is 0 Å². The number of nitrogens with zero attached hydrogens (tertiary/aromatic N) is 8. The first-order valence-electron chi connectivity index (χ1n) is 18.0. The predicted octanol–water partition coefficient (Wildman–Crippen LogP) is 3.46. The summed E-state index contributed by atoms with van der Waals surface area (Å²) in [5.74, 6) is 0.673. The second kappa shape index (κ2) is 17.7. The van der Waals surface area contributed by atoms with Crippen LogP contribution >= 0.6 is 0 Å². The number of imide groups is 1. The molecule has 0 atom stereocenters. The number of halogens is 2. The smallest absolute Gasteiger partial charge is 1.00 e. The Morgan fingerprint density at radius 1 is 0.717 bits per heavy atom. The van der Waals surface area contributed by atoms with Crippen LogP contribution < -0.4 is 66.7 Å². The molecule has 18 heteroatoms. The van der Waals surface area contributed by atoms with Gasteiger partial charge in [-0.2, -0.15) is 4.90 Å². The predicted molar refractivity (Wildman–Crippen MR) is 219 cm³/mol. The Kier molecular flexibility index (Phi) is 13.4. The minimum absolute atomic E-state index is 0. The molecule has 0 fully saturated rings.